The fourth-order valence-corrected chi connectivity index (χ4v) is 3.84. The minimum Gasteiger partial charge on any atom is -0.378 e. The first-order chi connectivity index (χ1) is 9.88. The molecule has 1 atom stereocenters. The van der Waals surface area contributed by atoms with E-state index < -0.39 is 0 Å². The molecule has 0 bridgehead atoms. The highest BCUT2D eigenvalue weighted by Gasteiger charge is 2.11. The zero-order chi connectivity index (χ0) is 15.6. The number of benzene rings is 2. The Bertz CT molecular complexity index is 598. The molecule has 4 heteroatoms. The van der Waals surface area contributed by atoms with Gasteiger partial charge in [0, 0.05) is 34.8 Å². The molecule has 2 nitrogen and oxygen atoms in total. The summed E-state index contributed by atoms with van der Waals surface area (Å²) in [6.07, 6.45) is 0. The second kappa shape index (κ2) is 6.84. The third-order valence-corrected chi connectivity index (χ3v) is 4.71. The topological polar surface area (TPSA) is 15.3 Å². The average molecular weight is 412 g/mol. The molecule has 0 aliphatic rings. The molecule has 1 unspecified atom stereocenters. The van der Waals surface area contributed by atoms with Crippen molar-refractivity contribution in [2.75, 3.05) is 24.3 Å². The van der Waals surface area contributed by atoms with Crippen molar-refractivity contribution >= 4 is 43.2 Å². The Morgan fingerprint density at radius 2 is 1.52 bits per heavy atom. The Balaban J connectivity index is 2.20. The van der Waals surface area contributed by atoms with Gasteiger partial charge in [0.2, 0.25) is 0 Å². The van der Waals surface area contributed by atoms with Crippen LogP contribution < -0.4 is 10.2 Å². The van der Waals surface area contributed by atoms with Crippen LogP contribution >= 0.6 is 31.9 Å². The quantitative estimate of drug-likeness (QED) is 0.687. The number of anilines is 2. The van der Waals surface area contributed by atoms with Crippen LogP contribution in [0.3, 0.4) is 0 Å². The monoisotopic (exact) mass is 410 g/mol. The van der Waals surface area contributed by atoms with Gasteiger partial charge in [-0.3, -0.25) is 0 Å². The highest BCUT2D eigenvalue weighted by molar-refractivity contribution is 9.11. The first kappa shape index (κ1) is 16.4. The smallest absolute Gasteiger partial charge is 0.0633 e. The Kier molecular flexibility index (Phi) is 5.33. The van der Waals surface area contributed by atoms with Gasteiger partial charge in [0.15, 0.2) is 0 Å². The number of hydrogen-bond acceptors (Lipinski definition) is 2. The highest BCUT2D eigenvalue weighted by Crippen LogP contribution is 2.35. The van der Waals surface area contributed by atoms with E-state index in [9.17, 15) is 0 Å². The molecule has 0 heterocycles. The van der Waals surface area contributed by atoms with Gasteiger partial charge < -0.3 is 10.2 Å². The van der Waals surface area contributed by atoms with Gasteiger partial charge in [-0.25, -0.2) is 0 Å². The fraction of sp³-hybridized carbons (Fsp3) is 0.294. The molecule has 2 aromatic carbocycles. The van der Waals surface area contributed by atoms with Crippen LogP contribution in [0.5, 0.6) is 0 Å². The summed E-state index contributed by atoms with van der Waals surface area (Å²) >= 11 is 7.26. The Morgan fingerprint density at radius 3 is 2.00 bits per heavy atom. The Hall–Kier alpha value is -1.000. The van der Waals surface area contributed by atoms with Gasteiger partial charge in [0.25, 0.3) is 0 Å². The van der Waals surface area contributed by atoms with Gasteiger partial charge in [-0.05, 0) is 81.1 Å². The summed E-state index contributed by atoms with van der Waals surface area (Å²) in [6.45, 7) is 4.26. The van der Waals surface area contributed by atoms with Crippen molar-refractivity contribution in [3.63, 3.8) is 0 Å². The summed E-state index contributed by atoms with van der Waals surface area (Å²) in [6, 6.07) is 13.1. The van der Waals surface area contributed by atoms with E-state index in [0.717, 1.165) is 14.6 Å². The molecule has 0 aliphatic carbocycles. The molecule has 0 saturated carbocycles. The Labute approximate surface area is 143 Å². The lowest BCUT2D eigenvalue weighted by Gasteiger charge is -2.20. The molecule has 2 rings (SSSR count). The third-order valence-electron chi connectivity index (χ3n) is 3.46. The van der Waals surface area contributed by atoms with Crippen LogP contribution in [-0.4, -0.2) is 14.1 Å². The number of hydrogen-bond donors (Lipinski definition) is 1. The van der Waals surface area contributed by atoms with Crippen molar-refractivity contribution in [1.82, 2.24) is 0 Å². The third kappa shape index (κ3) is 4.01. The molecule has 0 radical (unpaired) electrons. The van der Waals surface area contributed by atoms with Crippen LogP contribution in [-0.2, 0) is 0 Å². The molecule has 0 fully saturated rings. The molecule has 21 heavy (non-hydrogen) atoms. The average Bonchev–Trinajstić information content (AvgIpc) is 2.42. The van der Waals surface area contributed by atoms with E-state index in [-0.39, 0.29) is 6.04 Å². The molecule has 112 valence electrons. The second-order valence-corrected chi connectivity index (χ2v) is 7.16. The summed E-state index contributed by atoms with van der Waals surface area (Å²) in [5.41, 5.74) is 4.79. The molecular weight excluding hydrogens is 392 g/mol. The van der Waals surface area contributed by atoms with E-state index in [1.165, 1.54) is 16.8 Å². The van der Waals surface area contributed by atoms with Crippen LogP contribution in [0.15, 0.2) is 45.3 Å². The summed E-state index contributed by atoms with van der Waals surface area (Å²) in [5.74, 6) is 0. The summed E-state index contributed by atoms with van der Waals surface area (Å²) < 4.78 is 2.15. The number of rotatable bonds is 4. The van der Waals surface area contributed by atoms with Crippen LogP contribution in [0.2, 0.25) is 0 Å². The lowest BCUT2D eigenvalue weighted by Crippen LogP contribution is -2.10. The van der Waals surface area contributed by atoms with E-state index in [4.69, 9.17) is 0 Å². The lowest BCUT2D eigenvalue weighted by atomic mass is 10.1. The normalized spacial score (nSPS) is 12.1. The number of nitrogens with one attached hydrogen (secondary N) is 1. The summed E-state index contributed by atoms with van der Waals surface area (Å²) in [5, 5.41) is 3.56. The zero-order valence-corrected chi connectivity index (χ0v) is 15.9. The van der Waals surface area contributed by atoms with Crippen LogP contribution in [0.4, 0.5) is 11.4 Å². The minimum atomic E-state index is 0.233. The van der Waals surface area contributed by atoms with Crippen molar-refractivity contribution < 1.29 is 0 Å². The zero-order valence-electron chi connectivity index (χ0n) is 12.7. The second-order valence-electron chi connectivity index (χ2n) is 5.46. The predicted octanol–water partition coefficient (Wildman–Crippen LogP) is 5.76. The van der Waals surface area contributed by atoms with Crippen molar-refractivity contribution in [3.8, 4) is 0 Å². The minimum absolute atomic E-state index is 0.233. The molecule has 0 aromatic heterocycles. The molecular formula is C17H20Br2N2. The van der Waals surface area contributed by atoms with E-state index in [1.807, 2.05) is 0 Å². The van der Waals surface area contributed by atoms with Gasteiger partial charge in [-0.15, -0.1) is 0 Å². The standard InChI is InChI=1S/C17H20Br2N2/c1-11-9-15(18)17(16(19)10-11)20-12(2)13-5-7-14(8-6-13)21(3)4/h5-10,12,20H,1-4H3. The Morgan fingerprint density at radius 1 is 1.00 bits per heavy atom. The van der Waals surface area contributed by atoms with E-state index >= 15 is 0 Å². The molecule has 0 saturated heterocycles. The van der Waals surface area contributed by atoms with Crippen molar-refractivity contribution in [2.45, 2.75) is 19.9 Å². The maximum Gasteiger partial charge on any atom is 0.0633 e. The maximum atomic E-state index is 3.63. The van der Waals surface area contributed by atoms with Gasteiger partial charge in [0.1, 0.15) is 0 Å². The first-order valence-electron chi connectivity index (χ1n) is 6.88. The largest absolute Gasteiger partial charge is 0.378 e. The van der Waals surface area contributed by atoms with Crippen molar-refractivity contribution in [3.05, 3.63) is 56.5 Å². The molecule has 1 N–H and O–H groups in total. The number of halogens is 2. The number of nitrogens with zero attached hydrogens (tertiary/aromatic N) is 1. The fourth-order valence-electron chi connectivity index (χ4n) is 2.20. The van der Waals surface area contributed by atoms with Gasteiger partial charge >= 0.3 is 0 Å². The summed E-state index contributed by atoms with van der Waals surface area (Å²) in [4.78, 5) is 2.11. The van der Waals surface area contributed by atoms with Crippen molar-refractivity contribution in [1.29, 1.82) is 0 Å². The first-order valence-corrected chi connectivity index (χ1v) is 8.46. The molecule has 0 spiro atoms. The van der Waals surface area contributed by atoms with E-state index in [0.29, 0.717) is 0 Å². The maximum absolute atomic E-state index is 3.63. The molecule has 0 aliphatic heterocycles. The highest BCUT2D eigenvalue weighted by atomic mass is 79.9. The SMILES string of the molecule is Cc1cc(Br)c(NC(C)c2ccc(N(C)C)cc2)c(Br)c1. The van der Waals surface area contributed by atoms with Crippen LogP contribution in [0.25, 0.3) is 0 Å². The summed E-state index contributed by atoms with van der Waals surface area (Å²) in [7, 11) is 4.11. The van der Waals surface area contributed by atoms with E-state index in [1.54, 1.807) is 0 Å². The van der Waals surface area contributed by atoms with Crippen LogP contribution in [0, 0.1) is 6.92 Å². The van der Waals surface area contributed by atoms with E-state index in [2.05, 4.69) is 106 Å². The molecule has 0 amide bonds. The van der Waals surface area contributed by atoms with Gasteiger partial charge in [0.05, 0.1) is 5.69 Å². The molecule has 2 aromatic rings. The van der Waals surface area contributed by atoms with Gasteiger partial charge in [-0.1, -0.05) is 12.1 Å². The van der Waals surface area contributed by atoms with Crippen LogP contribution in [0.1, 0.15) is 24.1 Å². The van der Waals surface area contributed by atoms with Crippen molar-refractivity contribution in [2.24, 2.45) is 0 Å². The number of aryl methyl sites for hydroxylation is 1. The van der Waals surface area contributed by atoms with Gasteiger partial charge in [-0.2, -0.15) is 0 Å². The lowest BCUT2D eigenvalue weighted by molar-refractivity contribution is 0.881. The predicted molar refractivity (Wildman–Crippen MR) is 99.4 cm³/mol.